The molecule has 31 heavy (non-hydrogen) atoms. The van der Waals surface area contributed by atoms with Crippen molar-refractivity contribution in [3.63, 3.8) is 0 Å². The topological polar surface area (TPSA) is 94.9 Å². The van der Waals surface area contributed by atoms with Crippen LogP contribution < -0.4 is 5.32 Å². The highest BCUT2D eigenvalue weighted by molar-refractivity contribution is 9.10. The molecule has 13 heteroatoms. The first-order chi connectivity index (χ1) is 14.7. The van der Waals surface area contributed by atoms with Crippen LogP contribution in [0.3, 0.4) is 0 Å². The molecule has 0 aliphatic rings. The Hall–Kier alpha value is -3.22. The van der Waals surface area contributed by atoms with Crippen LogP contribution in [0.1, 0.15) is 34.4 Å². The average Bonchev–Trinajstić information content (AvgIpc) is 3.41. The molecule has 0 bridgehead atoms. The minimum Gasteiger partial charge on any atom is -0.318 e. The minimum atomic E-state index is -4.65. The smallest absolute Gasteiger partial charge is 0.318 e. The SMILES string of the molecule is CCn1cc(Cn2cc(NC(=O)c3nn4c(C(F)(F)F)cc(C)nc4c3Br)cn2)cn1. The molecule has 0 atom stereocenters. The summed E-state index contributed by atoms with van der Waals surface area (Å²) in [4.78, 5) is 16.8. The molecule has 4 aromatic rings. The Bertz CT molecular complexity index is 1270. The summed E-state index contributed by atoms with van der Waals surface area (Å²) in [6, 6.07) is 0.874. The Labute approximate surface area is 182 Å². The number of hydrogen-bond donors (Lipinski definition) is 1. The van der Waals surface area contributed by atoms with Crippen LogP contribution in [0, 0.1) is 6.92 Å². The maximum atomic E-state index is 13.4. The quantitative estimate of drug-likeness (QED) is 0.456. The van der Waals surface area contributed by atoms with E-state index < -0.39 is 17.8 Å². The summed E-state index contributed by atoms with van der Waals surface area (Å²) in [6.07, 6.45) is 2.01. The highest BCUT2D eigenvalue weighted by Gasteiger charge is 2.36. The second-order valence-corrected chi connectivity index (χ2v) is 7.56. The molecule has 4 heterocycles. The Morgan fingerprint density at radius 1 is 1.19 bits per heavy atom. The molecule has 0 aliphatic carbocycles. The number of alkyl halides is 3. The molecule has 4 aromatic heterocycles. The van der Waals surface area contributed by atoms with Gasteiger partial charge in [0.25, 0.3) is 5.91 Å². The number of amides is 1. The Morgan fingerprint density at radius 3 is 2.61 bits per heavy atom. The summed E-state index contributed by atoms with van der Waals surface area (Å²) in [5.74, 6) is -0.693. The van der Waals surface area contributed by atoms with Gasteiger partial charge in [-0.1, -0.05) is 0 Å². The van der Waals surface area contributed by atoms with Gasteiger partial charge in [0.15, 0.2) is 11.3 Å². The van der Waals surface area contributed by atoms with Crippen molar-refractivity contribution in [1.29, 1.82) is 0 Å². The van der Waals surface area contributed by atoms with Crippen molar-refractivity contribution in [2.24, 2.45) is 0 Å². The lowest BCUT2D eigenvalue weighted by Gasteiger charge is -2.09. The van der Waals surface area contributed by atoms with Crippen molar-refractivity contribution >= 4 is 33.2 Å². The molecule has 0 aromatic carbocycles. The Morgan fingerprint density at radius 2 is 1.94 bits per heavy atom. The third-order valence-electron chi connectivity index (χ3n) is 4.41. The molecule has 0 radical (unpaired) electrons. The third kappa shape index (κ3) is 4.17. The zero-order chi connectivity index (χ0) is 22.3. The van der Waals surface area contributed by atoms with Gasteiger partial charge in [-0.2, -0.15) is 28.5 Å². The zero-order valence-electron chi connectivity index (χ0n) is 16.4. The van der Waals surface area contributed by atoms with Crippen LogP contribution in [0.5, 0.6) is 0 Å². The molecule has 0 aliphatic heterocycles. The van der Waals surface area contributed by atoms with Crippen molar-refractivity contribution in [2.75, 3.05) is 5.32 Å². The highest BCUT2D eigenvalue weighted by Crippen LogP contribution is 2.32. The van der Waals surface area contributed by atoms with Crippen LogP contribution >= 0.6 is 15.9 Å². The number of carbonyl (C=O) groups excluding carboxylic acids is 1. The van der Waals surface area contributed by atoms with Crippen LogP contribution in [0.15, 0.2) is 35.3 Å². The fourth-order valence-corrected chi connectivity index (χ4v) is 3.53. The monoisotopic (exact) mass is 496 g/mol. The lowest BCUT2D eigenvalue weighted by molar-refractivity contribution is -0.142. The van der Waals surface area contributed by atoms with Gasteiger partial charge in [0.1, 0.15) is 5.69 Å². The molecule has 1 amide bonds. The molecule has 0 unspecified atom stereocenters. The largest absolute Gasteiger partial charge is 0.433 e. The first kappa shape index (κ1) is 21.0. The van der Waals surface area contributed by atoms with E-state index in [1.807, 2.05) is 13.1 Å². The van der Waals surface area contributed by atoms with Crippen molar-refractivity contribution in [3.05, 3.63) is 58.0 Å². The van der Waals surface area contributed by atoms with Crippen LogP contribution in [0.4, 0.5) is 18.9 Å². The molecule has 0 saturated heterocycles. The summed E-state index contributed by atoms with van der Waals surface area (Å²) in [6.45, 7) is 4.61. The maximum Gasteiger partial charge on any atom is 0.433 e. The Balaban J connectivity index is 1.58. The molecule has 0 saturated carbocycles. The number of rotatable bonds is 5. The van der Waals surface area contributed by atoms with Gasteiger partial charge in [-0.25, -0.2) is 9.50 Å². The lowest BCUT2D eigenvalue weighted by atomic mass is 10.3. The number of halogens is 4. The van der Waals surface area contributed by atoms with Crippen molar-refractivity contribution in [1.82, 2.24) is 34.2 Å². The third-order valence-corrected chi connectivity index (χ3v) is 5.14. The minimum absolute atomic E-state index is 0.0681. The molecule has 9 nitrogen and oxygen atoms in total. The summed E-state index contributed by atoms with van der Waals surface area (Å²) < 4.78 is 44.2. The van der Waals surface area contributed by atoms with Gasteiger partial charge in [0.05, 0.1) is 29.1 Å². The van der Waals surface area contributed by atoms with Gasteiger partial charge in [-0.15, -0.1) is 0 Å². The molecule has 0 spiro atoms. The normalized spacial score (nSPS) is 11.9. The van der Waals surface area contributed by atoms with Crippen molar-refractivity contribution in [3.8, 4) is 0 Å². The second-order valence-electron chi connectivity index (χ2n) is 6.76. The van der Waals surface area contributed by atoms with Crippen LogP contribution in [-0.2, 0) is 19.3 Å². The van der Waals surface area contributed by atoms with Crippen LogP contribution in [0.2, 0.25) is 0 Å². The molecule has 162 valence electrons. The maximum absolute atomic E-state index is 13.4. The number of anilines is 1. The molecular formula is C18H16BrF3N8O. The molecular weight excluding hydrogens is 481 g/mol. The fraction of sp³-hybridized carbons (Fsp3) is 0.278. The van der Waals surface area contributed by atoms with E-state index in [1.54, 1.807) is 21.8 Å². The zero-order valence-corrected chi connectivity index (χ0v) is 17.9. The van der Waals surface area contributed by atoms with E-state index in [0.717, 1.165) is 18.2 Å². The second kappa shape index (κ2) is 7.80. The average molecular weight is 497 g/mol. The van der Waals surface area contributed by atoms with Gasteiger partial charge in [-0.05, 0) is 35.8 Å². The van der Waals surface area contributed by atoms with E-state index >= 15 is 0 Å². The number of carbonyl (C=O) groups is 1. The standard InChI is InChI=1S/C18H16BrF3N8O/c1-3-28-7-11(5-23-28)8-29-9-12(6-24-29)26-17(31)15-14(19)16-25-10(2)4-13(18(20,21)22)30(16)27-15/h4-7,9H,3,8H2,1-2H3,(H,26,31). The van der Waals surface area contributed by atoms with E-state index in [2.05, 4.69) is 41.5 Å². The number of hydrogen-bond acceptors (Lipinski definition) is 5. The number of nitrogens with zero attached hydrogens (tertiary/aromatic N) is 7. The fourth-order valence-electron chi connectivity index (χ4n) is 3.01. The van der Waals surface area contributed by atoms with Crippen molar-refractivity contribution < 1.29 is 18.0 Å². The van der Waals surface area contributed by atoms with Crippen molar-refractivity contribution in [2.45, 2.75) is 33.1 Å². The number of nitrogens with one attached hydrogen (secondary N) is 1. The van der Waals surface area contributed by atoms with E-state index in [9.17, 15) is 18.0 Å². The van der Waals surface area contributed by atoms with Gasteiger partial charge in [-0.3, -0.25) is 14.2 Å². The number of fused-ring (bicyclic) bond motifs is 1. The first-order valence-electron chi connectivity index (χ1n) is 9.14. The van der Waals surface area contributed by atoms with E-state index in [1.165, 1.54) is 13.1 Å². The highest BCUT2D eigenvalue weighted by atomic mass is 79.9. The van der Waals surface area contributed by atoms with E-state index in [-0.39, 0.29) is 21.5 Å². The van der Waals surface area contributed by atoms with E-state index in [4.69, 9.17) is 0 Å². The predicted octanol–water partition coefficient (Wildman–Crippen LogP) is 3.53. The van der Waals surface area contributed by atoms with Crippen LogP contribution in [-0.4, -0.2) is 40.1 Å². The van der Waals surface area contributed by atoms with Gasteiger partial charge >= 0.3 is 6.18 Å². The van der Waals surface area contributed by atoms with Gasteiger partial charge in [0, 0.05) is 30.2 Å². The number of aromatic nitrogens is 7. The molecule has 4 rings (SSSR count). The van der Waals surface area contributed by atoms with Crippen LogP contribution in [0.25, 0.3) is 5.65 Å². The summed E-state index contributed by atoms with van der Waals surface area (Å²) in [5, 5.41) is 14.8. The molecule has 0 fully saturated rings. The lowest BCUT2D eigenvalue weighted by Crippen LogP contribution is -2.15. The van der Waals surface area contributed by atoms with Gasteiger partial charge in [0.2, 0.25) is 0 Å². The Kier molecular flexibility index (Phi) is 5.29. The first-order valence-corrected chi connectivity index (χ1v) is 9.93. The number of aryl methyl sites for hydroxylation is 2. The predicted molar refractivity (Wildman–Crippen MR) is 108 cm³/mol. The van der Waals surface area contributed by atoms with Gasteiger partial charge < -0.3 is 5.32 Å². The molecule has 1 N–H and O–H groups in total. The summed E-state index contributed by atoms with van der Waals surface area (Å²) in [5.41, 5.74) is 0.126. The van der Waals surface area contributed by atoms with E-state index in [0.29, 0.717) is 16.7 Å². The summed E-state index contributed by atoms with van der Waals surface area (Å²) >= 11 is 3.16. The summed E-state index contributed by atoms with van der Waals surface area (Å²) in [7, 11) is 0.